The molecule has 1 aromatic carbocycles. The van der Waals surface area contributed by atoms with Crippen molar-refractivity contribution in [3.63, 3.8) is 0 Å². The highest BCUT2D eigenvalue weighted by Crippen LogP contribution is 2.21. The molecule has 0 aliphatic carbocycles. The van der Waals surface area contributed by atoms with E-state index in [0.29, 0.717) is 5.95 Å². The van der Waals surface area contributed by atoms with Gasteiger partial charge in [0, 0.05) is 41.1 Å². The van der Waals surface area contributed by atoms with Gasteiger partial charge < -0.3 is 0 Å². The van der Waals surface area contributed by atoms with E-state index < -0.39 is 0 Å². The molecule has 0 fully saturated rings. The van der Waals surface area contributed by atoms with Crippen molar-refractivity contribution in [2.45, 2.75) is 13.8 Å². The number of hydrazone groups is 1. The molecule has 3 aromatic heterocycles. The average Bonchev–Trinajstić information content (AvgIpc) is 3.13. The molecule has 0 aliphatic rings. The molecule has 7 nitrogen and oxygen atoms in total. The Hall–Kier alpha value is -3.87. The molecule has 0 saturated heterocycles. The highest BCUT2D eigenvalue weighted by molar-refractivity contribution is 5.88. The van der Waals surface area contributed by atoms with Crippen LogP contribution in [0, 0.1) is 13.8 Å². The summed E-state index contributed by atoms with van der Waals surface area (Å²) in [5, 5.41) is 9.04. The number of hydrogen-bond donors (Lipinski definition) is 1. The van der Waals surface area contributed by atoms with Crippen LogP contribution in [0.4, 0.5) is 5.95 Å². The second-order valence-electron chi connectivity index (χ2n) is 6.30. The van der Waals surface area contributed by atoms with E-state index >= 15 is 0 Å². The van der Waals surface area contributed by atoms with Crippen molar-refractivity contribution in [1.82, 2.24) is 24.7 Å². The van der Waals surface area contributed by atoms with Gasteiger partial charge in [-0.2, -0.15) is 10.2 Å². The van der Waals surface area contributed by atoms with Gasteiger partial charge in [-0.25, -0.2) is 20.1 Å². The van der Waals surface area contributed by atoms with E-state index in [0.717, 1.165) is 33.9 Å². The van der Waals surface area contributed by atoms with Gasteiger partial charge in [0.2, 0.25) is 5.95 Å². The molecule has 0 amide bonds. The summed E-state index contributed by atoms with van der Waals surface area (Å²) in [5.74, 6) is 0.465. The second-order valence-corrected chi connectivity index (χ2v) is 6.30. The molecular weight excluding hydrogens is 350 g/mol. The lowest BCUT2D eigenvalue weighted by Gasteiger charge is -2.01. The van der Waals surface area contributed by atoms with Crippen LogP contribution in [0.25, 0.3) is 16.9 Å². The van der Waals surface area contributed by atoms with Crippen LogP contribution in [0.2, 0.25) is 0 Å². The van der Waals surface area contributed by atoms with Crippen molar-refractivity contribution >= 4 is 12.2 Å². The summed E-state index contributed by atoms with van der Waals surface area (Å²) in [6.07, 6.45) is 7.18. The molecule has 7 heteroatoms. The first-order chi connectivity index (χ1) is 13.7. The molecule has 0 bridgehead atoms. The summed E-state index contributed by atoms with van der Waals surface area (Å²) in [6.45, 7) is 3.85. The predicted molar refractivity (Wildman–Crippen MR) is 110 cm³/mol. The number of aromatic nitrogens is 5. The van der Waals surface area contributed by atoms with Crippen molar-refractivity contribution in [2.75, 3.05) is 5.43 Å². The van der Waals surface area contributed by atoms with Gasteiger partial charge in [-0.3, -0.25) is 4.98 Å². The Kier molecular flexibility index (Phi) is 4.88. The van der Waals surface area contributed by atoms with E-state index in [1.165, 1.54) is 0 Å². The number of anilines is 1. The predicted octanol–water partition coefficient (Wildman–Crippen LogP) is 3.79. The lowest BCUT2D eigenvalue weighted by atomic mass is 10.1. The van der Waals surface area contributed by atoms with Crippen molar-refractivity contribution in [3.05, 3.63) is 84.1 Å². The number of rotatable bonds is 5. The SMILES string of the molecule is Cc1cc(C)nc(N/N=C/c2cn(-c3ccccc3)nc2-c2cccnc2)n1. The Bertz CT molecular complexity index is 1080. The topological polar surface area (TPSA) is 80.9 Å². The third-order valence-electron chi connectivity index (χ3n) is 4.05. The molecule has 0 unspecified atom stereocenters. The van der Waals surface area contributed by atoms with Gasteiger partial charge in [0.25, 0.3) is 0 Å². The minimum Gasteiger partial charge on any atom is -0.264 e. The lowest BCUT2D eigenvalue weighted by molar-refractivity contribution is 0.884. The fourth-order valence-electron chi connectivity index (χ4n) is 2.86. The van der Waals surface area contributed by atoms with E-state index in [2.05, 4.69) is 25.5 Å². The van der Waals surface area contributed by atoms with Crippen molar-refractivity contribution in [2.24, 2.45) is 5.10 Å². The van der Waals surface area contributed by atoms with E-state index in [-0.39, 0.29) is 0 Å². The third-order valence-corrected chi connectivity index (χ3v) is 4.05. The largest absolute Gasteiger partial charge is 0.264 e. The normalized spacial score (nSPS) is 11.1. The summed E-state index contributed by atoms with van der Waals surface area (Å²) >= 11 is 0. The molecule has 0 spiro atoms. The van der Waals surface area contributed by atoms with Crippen LogP contribution in [-0.4, -0.2) is 30.9 Å². The number of benzene rings is 1. The summed E-state index contributed by atoms with van der Waals surface area (Å²) in [7, 11) is 0. The molecule has 0 atom stereocenters. The van der Waals surface area contributed by atoms with Gasteiger partial charge in [-0.05, 0) is 44.2 Å². The number of pyridine rings is 1. The molecule has 0 radical (unpaired) electrons. The maximum absolute atomic E-state index is 4.73. The van der Waals surface area contributed by atoms with Crippen LogP contribution in [0.5, 0.6) is 0 Å². The van der Waals surface area contributed by atoms with Crippen molar-refractivity contribution in [1.29, 1.82) is 0 Å². The highest BCUT2D eigenvalue weighted by atomic mass is 15.3. The number of nitrogens with one attached hydrogen (secondary N) is 1. The van der Waals surface area contributed by atoms with Crippen molar-refractivity contribution in [3.8, 4) is 16.9 Å². The fraction of sp³-hybridized carbons (Fsp3) is 0.0952. The van der Waals surface area contributed by atoms with Gasteiger partial charge in [0.15, 0.2) is 0 Å². The summed E-state index contributed by atoms with van der Waals surface area (Å²) in [5.41, 5.74) is 8.21. The van der Waals surface area contributed by atoms with Gasteiger partial charge in [-0.15, -0.1) is 0 Å². The first-order valence-electron chi connectivity index (χ1n) is 8.86. The van der Waals surface area contributed by atoms with Crippen LogP contribution < -0.4 is 5.43 Å². The zero-order chi connectivity index (χ0) is 19.3. The standard InChI is InChI=1S/C21H19N7/c1-15-11-16(2)25-21(24-15)26-23-13-18-14-28(19-8-4-3-5-9-19)27-20(18)17-7-6-10-22-12-17/h3-14H,1-2H3,(H,24,25,26)/b23-13+. The van der Waals surface area contributed by atoms with Gasteiger partial charge >= 0.3 is 0 Å². The minimum absolute atomic E-state index is 0.465. The maximum atomic E-state index is 4.73. The number of para-hydroxylation sites is 1. The monoisotopic (exact) mass is 369 g/mol. The molecule has 4 rings (SSSR count). The second kappa shape index (κ2) is 7.79. The zero-order valence-electron chi connectivity index (χ0n) is 15.6. The molecule has 28 heavy (non-hydrogen) atoms. The maximum Gasteiger partial charge on any atom is 0.243 e. The Morgan fingerprint density at radius 3 is 2.50 bits per heavy atom. The van der Waals surface area contributed by atoms with Crippen LogP contribution in [0.1, 0.15) is 17.0 Å². The van der Waals surface area contributed by atoms with Gasteiger partial charge in [0.05, 0.1) is 11.9 Å². The molecule has 0 aliphatic heterocycles. The average molecular weight is 369 g/mol. The number of aryl methyl sites for hydroxylation is 2. The van der Waals surface area contributed by atoms with Crippen LogP contribution in [0.15, 0.2) is 72.2 Å². The van der Waals surface area contributed by atoms with E-state index in [4.69, 9.17) is 5.10 Å². The van der Waals surface area contributed by atoms with Crippen LogP contribution in [-0.2, 0) is 0 Å². The first-order valence-corrected chi connectivity index (χ1v) is 8.86. The molecule has 1 N–H and O–H groups in total. The minimum atomic E-state index is 0.465. The number of nitrogens with zero attached hydrogens (tertiary/aromatic N) is 6. The van der Waals surface area contributed by atoms with E-state index in [9.17, 15) is 0 Å². The molecule has 138 valence electrons. The first kappa shape index (κ1) is 17.5. The lowest BCUT2D eigenvalue weighted by Crippen LogP contribution is -1.99. The van der Waals surface area contributed by atoms with Crippen LogP contribution >= 0.6 is 0 Å². The van der Waals surface area contributed by atoms with Gasteiger partial charge in [-0.1, -0.05) is 18.2 Å². The molecule has 3 heterocycles. The Balaban J connectivity index is 1.67. The third kappa shape index (κ3) is 3.93. The van der Waals surface area contributed by atoms with Gasteiger partial charge in [0.1, 0.15) is 5.69 Å². The fourth-order valence-corrected chi connectivity index (χ4v) is 2.86. The summed E-state index contributed by atoms with van der Waals surface area (Å²) in [6, 6.07) is 15.7. The van der Waals surface area contributed by atoms with E-state index in [1.54, 1.807) is 18.6 Å². The Morgan fingerprint density at radius 1 is 1.00 bits per heavy atom. The summed E-state index contributed by atoms with van der Waals surface area (Å²) in [4.78, 5) is 12.9. The Labute approximate surface area is 162 Å². The number of hydrogen-bond acceptors (Lipinski definition) is 6. The molecular formula is C21H19N7. The summed E-state index contributed by atoms with van der Waals surface area (Å²) < 4.78 is 1.83. The Morgan fingerprint density at radius 2 is 1.79 bits per heavy atom. The smallest absolute Gasteiger partial charge is 0.243 e. The quantitative estimate of drug-likeness (QED) is 0.428. The zero-order valence-corrected chi connectivity index (χ0v) is 15.6. The van der Waals surface area contributed by atoms with Crippen LogP contribution in [0.3, 0.4) is 0 Å². The molecule has 0 saturated carbocycles. The van der Waals surface area contributed by atoms with E-state index in [1.807, 2.05) is 73.3 Å². The highest BCUT2D eigenvalue weighted by Gasteiger charge is 2.11. The van der Waals surface area contributed by atoms with Crippen molar-refractivity contribution < 1.29 is 0 Å². The molecule has 4 aromatic rings.